The van der Waals surface area contributed by atoms with Gasteiger partial charge >= 0.3 is 5.97 Å². The van der Waals surface area contributed by atoms with Crippen molar-refractivity contribution in [2.45, 2.75) is 19.8 Å². The third-order valence-electron chi connectivity index (χ3n) is 2.46. The lowest BCUT2D eigenvalue weighted by Gasteiger charge is -2.10. The number of amides is 1. The summed E-state index contributed by atoms with van der Waals surface area (Å²) in [7, 11) is 0. The Bertz CT molecular complexity index is 419. The molecule has 1 heterocycles. The molecule has 0 bridgehead atoms. The van der Waals surface area contributed by atoms with Crippen LogP contribution >= 0.6 is 11.3 Å². The number of nitrogens with two attached hydrogens (primary N) is 1. The molecule has 0 saturated heterocycles. The highest BCUT2D eigenvalue weighted by molar-refractivity contribution is 7.09. The second-order valence-electron chi connectivity index (χ2n) is 3.95. The number of rotatable bonds is 7. The minimum Gasteiger partial charge on any atom is -0.476 e. The van der Waals surface area contributed by atoms with Crippen LogP contribution in [0.15, 0.2) is 5.38 Å². The van der Waals surface area contributed by atoms with Gasteiger partial charge in [0.15, 0.2) is 5.69 Å². The van der Waals surface area contributed by atoms with Crippen LogP contribution in [-0.4, -0.2) is 35.1 Å². The number of aromatic carboxylic acids is 1. The maximum absolute atomic E-state index is 11.6. The first kappa shape index (κ1) is 14.6. The Kier molecular flexibility index (Phi) is 5.73. The van der Waals surface area contributed by atoms with Crippen molar-refractivity contribution in [2.24, 2.45) is 11.7 Å². The molecule has 1 rings (SSSR count). The Morgan fingerprint density at radius 3 is 2.89 bits per heavy atom. The van der Waals surface area contributed by atoms with E-state index in [0.717, 1.165) is 0 Å². The number of aromatic nitrogens is 1. The average Bonchev–Trinajstić information content (AvgIpc) is 2.78. The number of carbonyl (C=O) groups is 2. The molecule has 0 aromatic carbocycles. The molecule has 4 N–H and O–H groups in total. The minimum absolute atomic E-state index is 0.0320. The van der Waals surface area contributed by atoms with Gasteiger partial charge in [-0.3, -0.25) is 4.79 Å². The molecule has 0 aliphatic rings. The Balaban J connectivity index is 2.32. The molecule has 100 valence electrons. The molecular formula is C11H17N3O3S. The van der Waals surface area contributed by atoms with Gasteiger partial charge in [-0.1, -0.05) is 6.92 Å². The molecule has 1 atom stereocenters. The van der Waals surface area contributed by atoms with Crippen molar-refractivity contribution in [3.05, 3.63) is 16.1 Å². The van der Waals surface area contributed by atoms with Gasteiger partial charge in [0.1, 0.15) is 0 Å². The molecular weight excluding hydrogens is 254 g/mol. The van der Waals surface area contributed by atoms with E-state index in [1.807, 2.05) is 6.92 Å². The Morgan fingerprint density at radius 2 is 2.33 bits per heavy atom. The van der Waals surface area contributed by atoms with E-state index in [0.29, 0.717) is 30.9 Å². The first-order valence-corrected chi connectivity index (χ1v) is 6.58. The normalized spacial score (nSPS) is 12.1. The first-order chi connectivity index (χ1) is 8.54. The van der Waals surface area contributed by atoms with Crippen LogP contribution in [0.3, 0.4) is 0 Å². The summed E-state index contributed by atoms with van der Waals surface area (Å²) in [5.74, 6) is -1.16. The lowest BCUT2D eigenvalue weighted by atomic mass is 10.1. The molecule has 6 nitrogen and oxygen atoms in total. The predicted octanol–water partition coefficient (Wildman–Crippen LogP) is 0.485. The van der Waals surface area contributed by atoms with Crippen molar-refractivity contribution in [3.63, 3.8) is 0 Å². The monoisotopic (exact) mass is 271 g/mol. The topological polar surface area (TPSA) is 105 Å². The second-order valence-corrected chi connectivity index (χ2v) is 4.89. The van der Waals surface area contributed by atoms with Gasteiger partial charge in [-0.05, 0) is 13.0 Å². The van der Waals surface area contributed by atoms with Crippen LogP contribution in [0.1, 0.15) is 28.8 Å². The zero-order valence-corrected chi connectivity index (χ0v) is 11.0. The minimum atomic E-state index is -1.03. The van der Waals surface area contributed by atoms with Gasteiger partial charge < -0.3 is 16.2 Å². The molecule has 1 unspecified atom stereocenters. The lowest BCUT2D eigenvalue weighted by Crippen LogP contribution is -2.31. The fourth-order valence-electron chi connectivity index (χ4n) is 1.37. The summed E-state index contributed by atoms with van der Waals surface area (Å²) in [5, 5.41) is 13.7. The number of carboxylic acid groups (broad SMARTS) is 1. The average molecular weight is 271 g/mol. The van der Waals surface area contributed by atoms with E-state index in [-0.39, 0.29) is 17.5 Å². The van der Waals surface area contributed by atoms with Crippen molar-refractivity contribution in [2.75, 3.05) is 13.1 Å². The van der Waals surface area contributed by atoms with Crippen molar-refractivity contribution < 1.29 is 14.7 Å². The molecule has 18 heavy (non-hydrogen) atoms. The van der Waals surface area contributed by atoms with Crippen molar-refractivity contribution in [1.82, 2.24) is 10.3 Å². The maximum Gasteiger partial charge on any atom is 0.355 e. The Labute approximate surface area is 109 Å². The van der Waals surface area contributed by atoms with E-state index >= 15 is 0 Å². The fourth-order valence-corrected chi connectivity index (χ4v) is 2.14. The number of hydrogen-bond donors (Lipinski definition) is 3. The van der Waals surface area contributed by atoms with Crippen LogP contribution < -0.4 is 11.1 Å². The molecule has 0 saturated carbocycles. The summed E-state index contributed by atoms with van der Waals surface area (Å²) in [6, 6.07) is 0. The zero-order chi connectivity index (χ0) is 13.5. The van der Waals surface area contributed by atoms with Crippen LogP contribution in [0, 0.1) is 5.92 Å². The largest absolute Gasteiger partial charge is 0.476 e. The standard InChI is InChI=1S/C11H17N3O3S/c1-7(2-4-12)10(15)13-5-3-9-14-8(6-18-9)11(16)17/h6-7H,2-5,12H2,1H3,(H,13,15)(H,16,17). The number of nitrogens with zero attached hydrogens (tertiary/aromatic N) is 1. The van der Waals surface area contributed by atoms with Crippen LogP contribution in [0.5, 0.6) is 0 Å². The van der Waals surface area contributed by atoms with Crippen molar-refractivity contribution >= 4 is 23.2 Å². The molecule has 0 aliphatic heterocycles. The molecule has 1 aromatic heterocycles. The van der Waals surface area contributed by atoms with Crippen LogP contribution in [0.2, 0.25) is 0 Å². The van der Waals surface area contributed by atoms with Crippen LogP contribution in [0.4, 0.5) is 0 Å². The van der Waals surface area contributed by atoms with E-state index in [2.05, 4.69) is 10.3 Å². The molecule has 0 fully saturated rings. The fraction of sp³-hybridized carbons (Fsp3) is 0.545. The quantitative estimate of drug-likeness (QED) is 0.669. The van der Waals surface area contributed by atoms with Gasteiger partial charge in [-0.15, -0.1) is 11.3 Å². The van der Waals surface area contributed by atoms with Gasteiger partial charge in [0.2, 0.25) is 5.91 Å². The number of nitrogens with one attached hydrogen (secondary N) is 1. The van der Waals surface area contributed by atoms with Crippen molar-refractivity contribution in [3.8, 4) is 0 Å². The molecule has 7 heteroatoms. The van der Waals surface area contributed by atoms with Crippen LogP contribution in [0.25, 0.3) is 0 Å². The molecule has 0 radical (unpaired) electrons. The number of carbonyl (C=O) groups excluding carboxylic acids is 1. The Morgan fingerprint density at radius 1 is 1.61 bits per heavy atom. The summed E-state index contributed by atoms with van der Waals surface area (Å²) < 4.78 is 0. The highest BCUT2D eigenvalue weighted by Gasteiger charge is 2.12. The zero-order valence-electron chi connectivity index (χ0n) is 10.2. The van der Waals surface area contributed by atoms with E-state index in [1.165, 1.54) is 16.7 Å². The molecule has 0 spiro atoms. The summed E-state index contributed by atoms with van der Waals surface area (Å²) >= 11 is 1.28. The number of hydrogen-bond acceptors (Lipinski definition) is 5. The summed E-state index contributed by atoms with van der Waals surface area (Å²) in [6.45, 7) is 2.78. The summed E-state index contributed by atoms with van der Waals surface area (Å²) in [6.07, 6.45) is 1.20. The van der Waals surface area contributed by atoms with Gasteiger partial charge in [-0.2, -0.15) is 0 Å². The van der Waals surface area contributed by atoms with E-state index in [1.54, 1.807) is 0 Å². The second kappa shape index (κ2) is 7.07. The predicted molar refractivity (Wildman–Crippen MR) is 68.6 cm³/mol. The summed E-state index contributed by atoms with van der Waals surface area (Å²) in [4.78, 5) is 26.1. The third-order valence-corrected chi connectivity index (χ3v) is 3.36. The van der Waals surface area contributed by atoms with Crippen molar-refractivity contribution in [1.29, 1.82) is 0 Å². The lowest BCUT2D eigenvalue weighted by molar-refractivity contribution is -0.124. The molecule has 0 aliphatic carbocycles. The maximum atomic E-state index is 11.6. The van der Waals surface area contributed by atoms with Gasteiger partial charge in [0, 0.05) is 24.3 Å². The molecule has 1 amide bonds. The highest BCUT2D eigenvalue weighted by atomic mass is 32.1. The third kappa shape index (κ3) is 4.42. The van der Waals surface area contributed by atoms with Gasteiger partial charge in [0.25, 0.3) is 0 Å². The van der Waals surface area contributed by atoms with Crippen LogP contribution in [-0.2, 0) is 11.2 Å². The van der Waals surface area contributed by atoms with Gasteiger partial charge in [0.05, 0.1) is 5.01 Å². The number of thiazole rings is 1. The van der Waals surface area contributed by atoms with E-state index < -0.39 is 5.97 Å². The van der Waals surface area contributed by atoms with E-state index in [4.69, 9.17) is 10.8 Å². The number of carboxylic acids is 1. The SMILES string of the molecule is CC(CCN)C(=O)NCCc1nc(C(=O)O)cs1. The summed E-state index contributed by atoms with van der Waals surface area (Å²) in [5.41, 5.74) is 5.43. The highest BCUT2D eigenvalue weighted by Crippen LogP contribution is 2.10. The Hall–Kier alpha value is -1.47. The molecule has 1 aromatic rings. The smallest absolute Gasteiger partial charge is 0.355 e. The first-order valence-electron chi connectivity index (χ1n) is 5.70. The van der Waals surface area contributed by atoms with E-state index in [9.17, 15) is 9.59 Å². The van der Waals surface area contributed by atoms with Gasteiger partial charge in [-0.25, -0.2) is 9.78 Å².